The molecule has 4 rings (SSSR count). The molecule has 0 saturated heterocycles. The van der Waals surface area contributed by atoms with E-state index in [0.29, 0.717) is 35.4 Å². The minimum Gasteiger partial charge on any atom is -0.454 e. The van der Waals surface area contributed by atoms with Crippen molar-refractivity contribution < 1.29 is 18.3 Å². The zero-order valence-corrected chi connectivity index (χ0v) is 13.6. The molecule has 0 fully saturated rings. The lowest BCUT2D eigenvalue weighted by molar-refractivity contribution is 0.174. The molecule has 4 nitrogen and oxygen atoms in total. The van der Waals surface area contributed by atoms with Crippen LogP contribution in [0.3, 0.4) is 0 Å². The highest BCUT2D eigenvalue weighted by Crippen LogP contribution is 2.39. The van der Waals surface area contributed by atoms with Gasteiger partial charge in [0.25, 0.3) is 0 Å². The molecule has 2 aromatic carbocycles. The van der Waals surface area contributed by atoms with Crippen LogP contribution in [0.1, 0.15) is 18.4 Å². The first-order valence-electron chi connectivity index (χ1n) is 8.27. The molecule has 1 aromatic heterocycles. The van der Waals surface area contributed by atoms with Gasteiger partial charge >= 0.3 is 0 Å². The van der Waals surface area contributed by atoms with E-state index in [1.165, 1.54) is 6.07 Å². The van der Waals surface area contributed by atoms with Crippen molar-refractivity contribution in [3.63, 3.8) is 0 Å². The second kappa shape index (κ2) is 6.37. The first-order valence-corrected chi connectivity index (χ1v) is 8.27. The number of H-pyrrole nitrogens is 1. The second-order valence-electron chi connectivity index (χ2n) is 6.10. The Bertz CT molecular complexity index is 937. The second-order valence-corrected chi connectivity index (χ2v) is 6.10. The summed E-state index contributed by atoms with van der Waals surface area (Å²) in [7, 11) is 0. The van der Waals surface area contributed by atoms with E-state index in [2.05, 4.69) is 4.98 Å². The number of aromatic nitrogens is 1. The Balaban J connectivity index is 1.86. The summed E-state index contributed by atoms with van der Waals surface area (Å²) in [5.41, 5.74) is 8.41. The van der Waals surface area contributed by atoms with E-state index in [1.807, 2.05) is 18.2 Å². The number of aryl methyl sites for hydroxylation is 1. The van der Waals surface area contributed by atoms with Gasteiger partial charge in [-0.3, -0.25) is 0 Å². The summed E-state index contributed by atoms with van der Waals surface area (Å²) >= 11 is 0. The van der Waals surface area contributed by atoms with E-state index in [1.54, 1.807) is 0 Å². The maximum absolute atomic E-state index is 14.2. The minimum atomic E-state index is -0.595. The van der Waals surface area contributed by atoms with Gasteiger partial charge in [-0.15, -0.1) is 0 Å². The van der Waals surface area contributed by atoms with Crippen LogP contribution >= 0.6 is 0 Å². The summed E-state index contributed by atoms with van der Waals surface area (Å²) in [6, 6.07) is 7.84. The number of aromatic amines is 1. The van der Waals surface area contributed by atoms with Gasteiger partial charge in [-0.05, 0) is 55.6 Å². The Morgan fingerprint density at radius 1 is 1.04 bits per heavy atom. The van der Waals surface area contributed by atoms with Crippen molar-refractivity contribution >= 4 is 10.9 Å². The average molecular weight is 344 g/mol. The van der Waals surface area contributed by atoms with Crippen LogP contribution in [0, 0.1) is 11.6 Å². The summed E-state index contributed by atoms with van der Waals surface area (Å²) in [4.78, 5) is 3.12. The molecule has 0 atom stereocenters. The molecule has 130 valence electrons. The minimum absolute atomic E-state index is 0.189. The monoisotopic (exact) mass is 344 g/mol. The number of fused-ring (bicyclic) bond motifs is 2. The largest absolute Gasteiger partial charge is 0.454 e. The molecule has 0 radical (unpaired) electrons. The maximum atomic E-state index is 14.2. The Hall–Kier alpha value is -2.60. The molecular formula is C19H18F2N2O2. The van der Waals surface area contributed by atoms with Gasteiger partial charge in [-0.25, -0.2) is 8.78 Å². The molecule has 25 heavy (non-hydrogen) atoms. The average Bonchev–Trinajstić information content (AvgIpc) is 3.19. The fourth-order valence-electron chi connectivity index (χ4n) is 3.28. The van der Waals surface area contributed by atoms with Crippen molar-refractivity contribution in [3.8, 4) is 22.8 Å². The summed E-state index contributed by atoms with van der Waals surface area (Å²) in [5.74, 6) is 0.154. The predicted octanol–water partition coefficient (Wildman–Crippen LogP) is 4.12. The van der Waals surface area contributed by atoms with Gasteiger partial charge in [0.05, 0.1) is 5.52 Å². The maximum Gasteiger partial charge on any atom is 0.231 e. The van der Waals surface area contributed by atoms with Crippen LogP contribution in [0.2, 0.25) is 0 Å². The molecule has 1 aliphatic heterocycles. The molecule has 0 unspecified atom stereocenters. The molecule has 0 amide bonds. The fourth-order valence-corrected chi connectivity index (χ4v) is 3.28. The Labute approximate surface area is 143 Å². The zero-order valence-electron chi connectivity index (χ0n) is 13.6. The summed E-state index contributed by atoms with van der Waals surface area (Å²) in [6.45, 7) is 0.777. The van der Waals surface area contributed by atoms with E-state index in [4.69, 9.17) is 15.2 Å². The fraction of sp³-hybridized carbons (Fsp3) is 0.263. The molecule has 3 N–H and O–H groups in total. The van der Waals surface area contributed by atoms with E-state index in [-0.39, 0.29) is 6.79 Å². The van der Waals surface area contributed by atoms with Crippen LogP contribution in [-0.4, -0.2) is 18.3 Å². The van der Waals surface area contributed by atoms with Crippen LogP contribution < -0.4 is 15.2 Å². The number of nitrogens with one attached hydrogen (secondary N) is 1. The summed E-state index contributed by atoms with van der Waals surface area (Å²) in [5, 5.41) is 0.571. The molecule has 0 bridgehead atoms. The van der Waals surface area contributed by atoms with Gasteiger partial charge in [0.2, 0.25) is 6.79 Å². The van der Waals surface area contributed by atoms with Gasteiger partial charge < -0.3 is 20.2 Å². The van der Waals surface area contributed by atoms with Crippen molar-refractivity contribution in [3.05, 3.63) is 47.5 Å². The molecule has 0 aliphatic carbocycles. The van der Waals surface area contributed by atoms with Crippen molar-refractivity contribution in [2.45, 2.75) is 19.3 Å². The summed E-state index contributed by atoms with van der Waals surface area (Å²) < 4.78 is 38.7. The Kier molecular flexibility index (Phi) is 4.05. The van der Waals surface area contributed by atoms with Gasteiger partial charge in [-0.2, -0.15) is 0 Å². The lowest BCUT2D eigenvalue weighted by Gasteiger charge is -2.06. The topological polar surface area (TPSA) is 60.3 Å². The highest BCUT2D eigenvalue weighted by molar-refractivity contribution is 5.91. The zero-order chi connectivity index (χ0) is 17.4. The SMILES string of the molecule is NCCCCc1c(-c2ccc3c(c2)OCO3)[nH]c2c(F)cc(F)cc12. The van der Waals surface area contributed by atoms with Crippen LogP contribution in [0.25, 0.3) is 22.2 Å². The van der Waals surface area contributed by atoms with E-state index in [0.717, 1.165) is 35.7 Å². The lowest BCUT2D eigenvalue weighted by Crippen LogP contribution is -1.99. The predicted molar refractivity (Wildman–Crippen MR) is 91.8 cm³/mol. The first kappa shape index (κ1) is 15.9. The quantitative estimate of drug-likeness (QED) is 0.685. The normalized spacial score (nSPS) is 12.9. The van der Waals surface area contributed by atoms with Crippen LogP contribution in [0.5, 0.6) is 11.5 Å². The third-order valence-electron chi connectivity index (χ3n) is 4.47. The van der Waals surface area contributed by atoms with Crippen LogP contribution in [-0.2, 0) is 6.42 Å². The van der Waals surface area contributed by atoms with Crippen molar-refractivity contribution in [2.24, 2.45) is 5.73 Å². The molecule has 6 heteroatoms. The van der Waals surface area contributed by atoms with Crippen LogP contribution in [0.15, 0.2) is 30.3 Å². The highest BCUT2D eigenvalue weighted by Gasteiger charge is 2.19. The third kappa shape index (κ3) is 2.82. The third-order valence-corrected chi connectivity index (χ3v) is 4.47. The number of hydrogen-bond donors (Lipinski definition) is 2. The Morgan fingerprint density at radius 2 is 1.88 bits per heavy atom. The molecular weight excluding hydrogens is 326 g/mol. The van der Waals surface area contributed by atoms with Crippen LogP contribution in [0.4, 0.5) is 8.78 Å². The van der Waals surface area contributed by atoms with Crippen molar-refractivity contribution in [1.82, 2.24) is 4.98 Å². The standard InChI is InChI=1S/C19H18F2N2O2/c20-12-8-14-13(3-1-2-6-22)18(23-19(14)15(21)9-12)11-4-5-16-17(7-11)25-10-24-16/h4-5,7-9,23H,1-3,6,10,22H2. The number of rotatable bonds is 5. The van der Waals surface area contributed by atoms with Crippen molar-refractivity contribution in [2.75, 3.05) is 13.3 Å². The lowest BCUT2D eigenvalue weighted by atomic mass is 10.00. The van der Waals surface area contributed by atoms with Crippen molar-refractivity contribution in [1.29, 1.82) is 0 Å². The van der Waals surface area contributed by atoms with Gasteiger partial charge in [0.15, 0.2) is 11.5 Å². The molecule has 1 aliphatic rings. The van der Waals surface area contributed by atoms with E-state index < -0.39 is 11.6 Å². The Morgan fingerprint density at radius 3 is 2.72 bits per heavy atom. The number of halogens is 2. The first-order chi connectivity index (χ1) is 12.2. The van der Waals surface area contributed by atoms with E-state index in [9.17, 15) is 8.78 Å². The van der Waals surface area contributed by atoms with Gasteiger partial charge in [-0.1, -0.05) is 0 Å². The number of benzene rings is 2. The molecule has 2 heterocycles. The van der Waals surface area contributed by atoms with Gasteiger partial charge in [0, 0.05) is 22.7 Å². The van der Waals surface area contributed by atoms with E-state index >= 15 is 0 Å². The summed E-state index contributed by atoms with van der Waals surface area (Å²) in [6.07, 6.45) is 2.38. The molecule has 3 aromatic rings. The number of hydrogen-bond acceptors (Lipinski definition) is 3. The number of nitrogens with two attached hydrogens (primary N) is 1. The number of ether oxygens (including phenoxy) is 2. The highest BCUT2D eigenvalue weighted by atomic mass is 19.1. The molecule has 0 spiro atoms. The van der Waals surface area contributed by atoms with Gasteiger partial charge in [0.1, 0.15) is 11.6 Å². The molecule has 0 saturated carbocycles. The smallest absolute Gasteiger partial charge is 0.231 e. The number of unbranched alkanes of at least 4 members (excludes halogenated alkanes) is 1.